The fourth-order valence-electron chi connectivity index (χ4n) is 5.19. The number of imidazole rings is 1. The second-order valence-electron chi connectivity index (χ2n) is 9.64. The molecule has 1 aliphatic carbocycles. The number of hydrogen-bond donors (Lipinski definition) is 1. The van der Waals surface area contributed by atoms with Gasteiger partial charge in [0.15, 0.2) is 0 Å². The van der Waals surface area contributed by atoms with E-state index >= 15 is 0 Å². The molecule has 0 saturated heterocycles. The van der Waals surface area contributed by atoms with Crippen molar-refractivity contribution in [3.8, 4) is 0 Å². The van der Waals surface area contributed by atoms with Crippen molar-refractivity contribution in [3.05, 3.63) is 65.0 Å². The highest BCUT2D eigenvalue weighted by molar-refractivity contribution is 5.92. The van der Waals surface area contributed by atoms with Gasteiger partial charge in [-0.05, 0) is 61.3 Å². The largest absolute Gasteiger partial charge is 0.478 e. The van der Waals surface area contributed by atoms with Crippen molar-refractivity contribution < 1.29 is 9.90 Å². The maximum Gasteiger partial charge on any atom is 0.335 e. The van der Waals surface area contributed by atoms with Crippen molar-refractivity contribution in [1.29, 1.82) is 0 Å². The van der Waals surface area contributed by atoms with Gasteiger partial charge < -0.3 is 9.67 Å². The third-order valence-corrected chi connectivity index (χ3v) is 6.22. The first-order valence-electron chi connectivity index (χ1n) is 10.5. The Morgan fingerprint density at radius 2 is 1.90 bits per heavy atom. The summed E-state index contributed by atoms with van der Waals surface area (Å²) in [6, 6.07) is 14.3. The van der Waals surface area contributed by atoms with E-state index in [1.807, 2.05) is 6.07 Å². The highest BCUT2D eigenvalue weighted by Crippen LogP contribution is 2.45. The van der Waals surface area contributed by atoms with Gasteiger partial charge in [-0.3, -0.25) is 0 Å². The summed E-state index contributed by atoms with van der Waals surface area (Å²) in [5.74, 6) is 0.780. The summed E-state index contributed by atoms with van der Waals surface area (Å²) in [7, 11) is 0. The number of rotatable bonds is 4. The zero-order valence-corrected chi connectivity index (χ0v) is 17.8. The molecular formula is C25H30N2O2. The molecule has 1 aromatic heterocycles. The topological polar surface area (TPSA) is 55.1 Å². The molecule has 2 aromatic carbocycles. The summed E-state index contributed by atoms with van der Waals surface area (Å²) in [4.78, 5) is 16.4. The number of nitrogens with zero attached hydrogens (tertiary/aromatic N) is 2. The van der Waals surface area contributed by atoms with Crippen molar-refractivity contribution in [3.63, 3.8) is 0 Å². The molecule has 1 saturated carbocycles. The Morgan fingerprint density at radius 3 is 2.55 bits per heavy atom. The summed E-state index contributed by atoms with van der Waals surface area (Å²) >= 11 is 0. The number of aromatic nitrogens is 2. The maximum absolute atomic E-state index is 11.5. The summed E-state index contributed by atoms with van der Waals surface area (Å²) in [5, 5.41) is 9.40. The van der Waals surface area contributed by atoms with Gasteiger partial charge in [-0.15, -0.1) is 0 Å². The van der Waals surface area contributed by atoms with Crippen LogP contribution in [0.1, 0.15) is 73.4 Å². The van der Waals surface area contributed by atoms with Gasteiger partial charge in [0.1, 0.15) is 5.82 Å². The number of fused-ring (bicyclic) bond motifs is 1. The van der Waals surface area contributed by atoms with Crippen LogP contribution in [-0.2, 0) is 6.42 Å². The molecule has 0 spiro atoms. The molecule has 1 fully saturated rings. The van der Waals surface area contributed by atoms with E-state index in [9.17, 15) is 9.90 Å². The molecule has 4 heteroatoms. The fraction of sp³-hybridized carbons (Fsp3) is 0.440. The molecule has 4 nitrogen and oxygen atoms in total. The molecule has 3 aromatic rings. The van der Waals surface area contributed by atoms with Crippen LogP contribution in [0.5, 0.6) is 0 Å². The SMILES string of the molecule is Cc1ccc(Cc2nc3cc(C(=O)O)ccc3n2[C@H]2C[C@@H](C)CC(C)(C)C2)cc1. The highest BCUT2D eigenvalue weighted by Gasteiger charge is 2.34. The van der Waals surface area contributed by atoms with Gasteiger partial charge in [0.05, 0.1) is 16.6 Å². The van der Waals surface area contributed by atoms with E-state index < -0.39 is 5.97 Å². The van der Waals surface area contributed by atoms with Gasteiger partial charge in [0.2, 0.25) is 0 Å². The molecule has 29 heavy (non-hydrogen) atoms. The molecule has 1 heterocycles. The van der Waals surface area contributed by atoms with Crippen LogP contribution in [0.4, 0.5) is 0 Å². The van der Waals surface area contributed by atoms with Gasteiger partial charge in [-0.1, -0.05) is 50.6 Å². The molecule has 0 unspecified atom stereocenters. The lowest BCUT2D eigenvalue weighted by Gasteiger charge is -2.40. The van der Waals surface area contributed by atoms with Crippen LogP contribution in [-0.4, -0.2) is 20.6 Å². The van der Waals surface area contributed by atoms with Gasteiger partial charge in [0.25, 0.3) is 0 Å². The predicted molar refractivity (Wildman–Crippen MR) is 117 cm³/mol. The Hall–Kier alpha value is -2.62. The van der Waals surface area contributed by atoms with Crippen molar-refractivity contribution in [1.82, 2.24) is 9.55 Å². The number of benzene rings is 2. The van der Waals surface area contributed by atoms with E-state index in [0.29, 0.717) is 22.9 Å². The van der Waals surface area contributed by atoms with Crippen LogP contribution in [0.15, 0.2) is 42.5 Å². The summed E-state index contributed by atoms with van der Waals surface area (Å²) in [6.45, 7) is 9.15. The highest BCUT2D eigenvalue weighted by atomic mass is 16.4. The number of aryl methyl sites for hydroxylation is 1. The Kier molecular flexibility index (Phi) is 4.97. The van der Waals surface area contributed by atoms with Crippen LogP contribution in [0.25, 0.3) is 11.0 Å². The predicted octanol–water partition coefficient (Wildman–Crippen LogP) is 6.02. The molecule has 4 rings (SSSR count). The number of carboxylic acids is 1. The van der Waals surface area contributed by atoms with Gasteiger partial charge >= 0.3 is 5.97 Å². The summed E-state index contributed by atoms with van der Waals surface area (Å²) in [6.07, 6.45) is 4.25. The van der Waals surface area contributed by atoms with Crippen molar-refractivity contribution in [2.24, 2.45) is 11.3 Å². The van der Waals surface area contributed by atoms with E-state index in [4.69, 9.17) is 4.98 Å². The van der Waals surface area contributed by atoms with Crippen molar-refractivity contribution >= 4 is 17.0 Å². The molecular weight excluding hydrogens is 360 g/mol. The minimum Gasteiger partial charge on any atom is -0.478 e. The molecule has 2 atom stereocenters. The monoisotopic (exact) mass is 390 g/mol. The first-order chi connectivity index (χ1) is 13.7. The summed E-state index contributed by atoms with van der Waals surface area (Å²) < 4.78 is 2.40. The Bertz CT molecular complexity index is 1050. The van der Waals surface area contributed by atoms with E-state index in [2.05, 4.69) is 56.5 Å². The van der Waals surface area contributed by atoms with E-state index in [-0.39, 0.29) is 0 Å². The number of aromatic carboxylic acids is 1. The van der Waals surface area contributed by atoms with Gasteiger partial charge in [-0.2, -0.15) is 0 Å². The average Bonchev–Trinajstić information content (AvgIpc) is 2.98. The van der Waals surface area contributed by atoms with Crippen molar-refractivity contribution in [2.75, 3.05) is 0 Å². The fourth-order valence-corrected chi connectivity index (χ4v) is 5.19. The van der Waals surface area contributed by atoms with Crippen LogP contribution in [0.3, 0.4) is 0 Å². The van der Waals surface area contributed by atoms with Crippen LogP contribution >= 0.6 is 0 Å². The molecule has 1 aliphatic rings. The number of hydrogen-bond acceptors (Lipinski definition) is 2. The molecule has 0 amide bonds. The Labute approximate surface area is 172 Å². The number of carbonyl (C=O) groups is 1. The minimum absolute atomic E-state index is 0.293. The van der Waals surface area contributed by atoms with E-state index in [0.717, 1.165) is 36.1 Å². The third-order valence-electron chi connectivity index (χ3n) is 6.22. The second-order valence-corrected chi connectivity index (χ2v) is 9.64. The number of carboxylic acid groups (broad SMARTS) is 1. The Morgan fingerprint density at radius 1 is 1.17 bits per heavy atom. The second kappa shape index (κ2) is 7.33. The van der Waals surface area contributed by atoms with Crippen LogP contribution in [0.2, 0.25) is 0 Å². The zero-order valence-electron chi connectivity index (χ0n) is 17.8. The first-order valence-corrected chi connectivity index (χ1v) is 10.5. The third kappa shape index (κ3) is 4.07. The zero-order chi connectivity index (χ0) is 20.8. The molecule has 152 valence electrons. The molecule has 0 bridgehead atoms. The normalized spacial score (nSPS) is 21.4. The minimum atomic E-state index is -0.908. The van der Waals surface area contributed by atoms with Gasteiger partial charge in [-0.25, -0.2) is 9.78 Å². The first kappa shape index (κ1) is 19.7. The van der Waals surface area contributed by atoms with Crippen LogP contribution < -0.4 is 0 Å². The van der Waals surface area contributed by atoms with Crippen molar-refractivity contribution in [2.45, 2.75) is 59.4 Å². The lowest BCUT2D eigenvalue weighted by atomic mass is 9.70. The lowest BCUT2D eigenvalue weighted by molar-refractivity contribution is 0.0697. The van der Waals surface area contributed by atoms with E-state index in [1.165, 1.54) is 17.5 Å². The quantitative estimate of drug-likeness (QED) is 0.592. The standard InChI is InChI=1S/C25H30N2O2/c1-16-5-7-18(8-6-16)12-23-26-21-13-19(24(28)29)9-10-22(21)27(23)20-11-17(2)14-25(3,4)15-20/h5-10,13,17,20H,11-12,14-15H2,1-4H3,(H,28,29)/t17-,20+/m1/s1. The van der Waals surface area contributed by atoms with Gasteiger partial charge in [0, 0.05) is 12.5 Å². The van der Waals surface area contributed by atoms with E-state index in [1.54, 1.807) is 12.1 Å². The molecule has 1 N–H and O–H groups in total. The molecule has 0 radical (unpaired) electrons. The smallest absolute Gasteiger partial charge is 0.335 e. The molecule has 0 aliphatic heterocycles. The Balaban J connectivity index is 1.82. The maximum atomic E-state index is 11.5. The summed E-state index contributed by atoms with van der Waals surface area (Å²) in [5.41, 5.74) is 4.89. The average molecular weight is 391 g/mol. The van der Waals surface area contributed by atoms with Crippen LogP contribution in [0, 0.1) is 18.3 Å². The lowest BCUT2D eigenvalue weighted by Crippen LogP contribution is -2.30.